The SMILES string of the molecule is COc1ccc2c(c1)nc(-c1ccc(Br)o1)n2C. The van der Waals surface area contributed by atoms with Crippen molar-refractivity contribution in [3.05, 3.63) is 35.0 Å². The molecule has 0 aliphatic rings. The van der Waals surface area contributed by atoms with Gasteiger partial charge in [-0.2, -0.15) is 0 Å². The Bertz CT molecular complexity index is 715. The zero-order valence-electron chi connectivity index (χ0n) is 9.98. The first-order chi connectivity index (χ1) is 8.69. The van der Waals surface area contributed by atoms with Crippen molar-refractivity contribution in [1.29, 1.82) is 0 Å². The molecule has 0 atom stereocenters. The van der Waals surface area contributed by atoms with Crippen LogP contribution in [0.1, 0.15) is 0 Å². The number of benzene rings is 1. The summed E-state index contributed by atoms with van der Waals surface area (Å²) >= 11 is 3.30. The highest BCUT2D eigenvalue weighted by molar-refractivity contribution is 9.10. The molecule has 3 rings (SSSR count). The van der Waals surface area contributed by atoms with Crippen molar-refractivity contribution in [2.45, 2.75) is 0 Å². The minimum Gasteiger partial charge on any atom is -0.497 e. The van der Waals surface area contributed by atoms with Crippen LogP contribution in [0.2, 0.25) is 0 Å². The van der Waals surface area contributed by atoms with E-state index in [1.165, 1.54) is 0 Å². The van der Waals surface area contributed by atoms with Gasteiger partial charge in [0.1, 0.15) is 5.75 Å². The fourth-order valence-corrected chi connectivity index (χ4v) is 2.27. The molecule has 0 bridgehead atoms. The highest BCUT2D eigenvalue weighted by atomic mass is 79.9. The first-order valence-electron chi connectivity index (χ1n) is 5.45. The maximum Gasteiger partial charge on any atom is 0.177 e. The van der Waals surface area contributed by atoms with Gasteiger partial charge in [0.25, 0.3) is 0 Å². The maximum atomic E-state index is 5.54. The van der Waals surface area contributed by atoms with Crippen LogP contribution in [-0.4, -0.2) is 16.7 Å². The molecule has 0 aliphatic heterocycles. The summed E-state index contributed by atoms with van der Waals surface area (Å²) in [6, 6.07) is 9.57. The molecular formula is C13H11BrN2O2. The minimum absolute atomic E-state index is 0.696. The van der Waals surface area contributed by atoms with Crippen molar-refractivity contribution < 1.29 is 9.15 Å². The second-order valence-electron chi connectivity index (χ2n) is 3.95. The van der Waals surface area contributed by atoms with Crippen LogP contribution in [0, 0.1) is 0 Å². The molecule has 0 saturated heterocycles. The van der Waals surface area contributed by atoms with Crippen molar-refractivity contribution in [2.75, 3.05) is 7.11 Å². The standard InChI is InChI=1S/C13H11BrN2O2/c1-16-10-4-3-8(17-2)7-9(10)15-13(16)11-5-6-12(14)18-11/h3-7H,1-2H3. The van der Waals surface area contributed by atoms with Crippen LogP contribution in [0.15, 0.2) is 39.4 Å². The Labute approximate surface area is 112 Å². The van der Waals surface area contributed by atoms with E-state index in [2.05, 4.69) is 20.9 Å². The maximum absolute atomic E-state index is 5.54. The Hall–Kier alpha value is -1.75. The number of fused-ring (bicyclic) bond motifs is 1. The van der Waals surface area contributed by atoms with Gasteiger partial charge in [0.2, 0.25) is 0 Å². The van der Waals surface area contributed by atoms with E-state index in [4.69, 9.17) is 9.15 Å². The minimum atomic E-state index is 0.696. The summed E-state index contributed by atoms with van der Waals surface area (Å²) in [6.45, 7) is 0. The number of nitrogens with zero attached hydrogens (tertiary/aromatic N) is 2. The highest BCUT2D eigenvalue weighted by Gasteiger charge is 2.13. The number of methoxy groups -OCH3 is 1. The van der Waals surface area contributed by atoms with Crippen molar-refractivity contribution in [1.82, 2.24) is 9.55 Å². The Morgan fingerprint density at radius 2 is 2.11 bits per heavy atom. The lowest BCUT2D eigenvalue weighted by Crippen LogP contribution is -1.90. The molecule has 4 nitrogen and oxygen atoms in total. The zero-order chi connectivity index (χ0) is 12.7. The second-order valence-corrected chi connectivity index (χ2v) is 4.73. The summed E-state index contributed by atoms with van der Waals surface area (Å²) in [5.41, 5.74) is 1.93. The number of aryl methyl sites for hydroxylation is 1. The Balaban J connectivity index is 2.22. The van der Waals surface area contributed by atoms with E-state index >= 15 is 0 Å². The molecule has 18 heavy (non-hydrogen) atoms. The van der Waals surface area contributed by atoms with Crippen LogP contribution < -0.4 is 4.74 Å². The summed E-state index contributed by atoms with van der Waals surface area (Å²) < 4.78 is 13.4. The molecule has 0 aliphatic carbocycles. The van der Waals surface area contributed by atoms with Crippen molar-refractivity contribution in [2.24, 2.45) is 7.05 Å². The summed E-state index contributed by atoms with van der Waals surface area (Å²) in [5.74, 6) is 2.33. The van der Waals surface area contributed by atoms with Gasteiger partial charge in [-0.1, -0.05) is 0 Å². The molecule has 92 valence electrons. The van der Waals surface area contributed by atoms with Crippen molar-refractivity contribution >= 4 is 27.0 Å². The van der Waals surface area contributed by atoms with Gasteiger partial charge in [-0.05, 0) is 40.2 Å². The number of ether oxygens (including phenoxy) is 1. The number of halogens is 1. The smallest absolute Gasteiger partial charge is 0.177 e. The Kier molecular flexibility index (Phi) is 2.63. The lowest BCUT2D eigenvalue weighted by atomic mass is 10.3. The normalized spacial score (nSPS) is 11.1. The lowest BCUT2D eigenvalue weighted by molar-refractivity contribution is 0.415. The number of hydrogen-bond donors (Lipinski definition) is 0. The first kappa shape index (κ1) is 11.3. The molecule has 0 radical (unpaired) electrons. The quantitative estimate of drug-likeness (QED) is 0.726. The van der Waals surface area contributed by atoms with Gasteiger partial charge in [-0.15, -0.1) is 0 Å². The summed E-state index contributed by atoms with van der Waals surface area (Å²) in [5, 5.41) is 0. The monoisotopic (exact) mass is 306 g/mol. The molecule has 0 N–H and O–H groups in total. The third kappa shape index (κ3) is 1.71. The largest absolute Gasteiger partial charge is 0.497 e. The van der Waals surface area contributed by atoms with Gasteiger partial charge in [0.15, 0.2) is 16.3 Å². The van der Waals surface area contributed by atoms with Gasteiger partial charge in [0, 0.05) is 13.1 Å². The van der Waals surface area contributed by atoms with Gasteiger partial charge < -0.3 is 13.7 Å². The van der Waals surface area contributed by atoms with E-state index < -0.39 is 0 Å². The van der Waals surface area contributed by atoms with Gasteiger partial charge in [0.05, 0.1) is 18.1 Å². The number of hydrogen-bond acceptors (Lipinski definition) is 3. The summed E-state index contributed by atoms with van der Waals surface area (Å²) in [7, 11) is 3.61. The van der Waals surface area contributed by atoms with E-state index in [1.54, 1.807) is 7.11 Å². The van der Waals surface area contributed by atoms with Crippen LogP contribution in [0.3, 0.4) is 0 Å². The van der Waals surface area contributed by atoms with Gasteiger partial charge in [-0.3, -0.25) is 0 Å². The third-order valence-corrected chi connectivity index (χ3v) is 3.31. The molecule has 0 fully saturated rings. The summed E-state index contributed by atoms with van der Waals surface area (Å²) in [6.07, 6.45) is 0. The van der Waals surface area contributed by atoms with E-state index in [1.807, 2.05) is 41.9 Å². The second kappa shape index (κ2) is 4.17. The van der Waals surface area contributed by atoms with Crippen LogP contribution >= 0.6 is 15.9 Å². The van der Waals surface area contributed by atoms with Crippen molar-refractivity contribution in [3.63, 3.8) is 0 Å². The molecule has 5 heteroatoms. The predicted molar refractivity (Wildman–Crippen MR) is 72.7 cm³/mol. The van der Waals surface area contributed by atoms with Crippen LogP contribution in [-0.2, 0) is 7.05 Å². The van der Waals surface area contributed by atoms with E-state index in [0.717, 1.165) is 28.4 Å². The molecular weight excluding hydrogens is 296 g/mol. The lowest BCUT2D eigenvalue weighted by Gasteiger charge is -2.00. The molecule has 0 amide bonds. The first-order valence-corrected chi connectivity index (χ1v) is 6.24. The number of aromatic nitrogens is 2. The van der Waals surface area contributed by atoms with E-state index in [-0.39, 0.29) is 0 Å². The number of furan rings is 1. The van der Waals surface area contributed by atoms with Crippen molar-refractivity contribution in [3.8, 4) is 17.3 Å². The number of rotatable bonds is 2. The third-order valence-electron chi connectivity index (χ3n) is 2.88. The topological polar surface area (TPSA) is 40.2 Å². The number of imidazole rings is 1. The average molecular weight is 307 g/mol. The van der Waals surface area contributed by atoms with E-state index in [0.29, 0.717) is 4.67 Å². The molecule has 1 aromatic carbocycles. The van der Waals surface area contributed by atoms with Crippen LogP contribution in [0.5, 0.6) is 5.75 Å². The summed E-state index contributed by atoms with van der Waals surface area (Å²) in [4.78, 5) is 4.57. The van der Waals surface area contributed by atoms with Gasteiger partial charge in [-0.25, -0.2) is 4.98 Å². The fourth-order valence-electron chi connectivity index (χ4n) is 1.96. The van der Waals surface area contributed by atoms with Gasteiger partial charge >= 0.3 is 0 Å². The molecule has 2 aromatic heterocycles. The van der Waals surface area contributed by atoms with Crippen LogP contribution in [0.4, 0.5) is 0 Å². The molecule has 3 aromatic rings. The zero-order valence-corrected chi connectivity index (χ0v) is 11.6. The Morgan fingerprint density at radius 3 is 2.78 bits per heavy atom. The molecule has 0 spiro atoms. The Morgan fingerprint density at radius 1 is 1.28 bits per heavy atom. The molecule has 0 saturated carbocycles. The average Bonchev–Trinajstić information content (AvgIpc) is 2.93. The van der Waals surface area contributed by atoms with Crippen LogP contribution in [0.25, 0.3) is 22.6 Å². The van der Waals surface area contributed by atoms with E-state index in [9.17, 15) is 0 Å². The molecule has 2 heterocycles. The highest BCUT2D eigenvalue weighted by Crippen LogP contribution is 2.28. The fraction of sp³-hybridized carbons (Fsp3) is 0.154. The molecule has 0 unspecified atom stereocenters. The predicted octanol–water partition coefficient (Wildman–Crippen LogP) is 3.60.